The highest BCUT2D eigenvalue weighted by atomic mass is 14.7. The molecule has 3 fully saturated rings. The molecule has 0 amide bonds. The van der Waals surface area contributed by atoms with Crippen LogP contribution < -0.4 is 0 Å². The van der Waals surface area contributed by atoms with E-state index in [1.807, 2.05) is 0 Å². The van der Waals surface area contributed by atoms with E-state index in [0.29, 0.717) is 11.8 Å². The van der Waals surface area contributed by atoms with Gasteiger partial charge in [0.2, 0.25) is 0 Å². The third-order valence-corrected chi connectivity index (χ3v) is 8.11. The average molecular weight is 312 g/mol. The zero-order chi connectivity index (χ0) is 16.0. The van der Waals surface area contributed by atoms with Crippen molar-refractivity contribution in [2.45, 2.75) is 24.7 Å². The Kier molecular flexibility index (Phi) is 2.48. The number of fused-ring (bicyclic) bond motifs is 10. The van der Waals surface area contributed by atoms with Crippen LogP contribution in [0.5, 0.6) is 0 Å². The fraction of sp³-hybridized carbons (Fsp3) is 0.417. The van der Waals surface area contributed by atoms with Crippen molar-refractivity contribution in [1.29, 1.82) is 0 Å². The molecule has 0 radical (unpaired) electrons. The Morgan fingerprint density at radius 1 is 0.750 bits per heavy atom. The van der Waals surface area contributed by atoms with Gasteiger partial charge in [-0.3, -0.25) is 0 Å². The van der Waals surface area contributed by atoms with Crippen LogP contribution in [0.1, 0.15) is 35.8 Å². The number of hydrogen-bond acceptors (Lipinski definition) is 0. The standard InChI is InChI=1S/C24H24/c1-3-13-11-14(4-2)22-19-12-18(21(13)22)23-16-9-5-7-15-8-6-10-17(20(15)16)24(19)23/h3-10,13-14,18-19,21-24H,1-2,11-12H2. The molecule has 120 valence electrons. The summed E-state index contributed by atoms with van der Waals surface area (Å²) in [6.45, 7) is 8.37. The highest BCUT2D eigenvalue weighted by Crippen LogP contribution is 2.74. The summed E-state index contributed by atoms with van der Waals surface area (Å²) in [6, 6.07) is 14.0. The average Bonchev–Trinajstić information content (AvgIpc) is 3.33. The van der Waals surface area contributed by atoms with E-state index in [0.717, 1.165) is 35.5 Å². The van der Waals surface area contributed by atoms with Gasteiger partial charge >= 0.3 is 0 Å². The van der Waals surface area contributed by atoms with Gasteiger partial charge in [0.05, 0.1) is 0 Å². The third-order valence-electron chi connectivity index (χ3n) is 8.11. The largest absolute Gasteiger partial charge is 0.103 e. The number of benzene rings is 2. The predicted molar refractivity (Wildman–Crippen MR) is 100.0 cm³/mol. The summed E-state index contributed by atoms with van der Waals surface area (Å²) >= 11 is 0. The van der Waals surface area contributed by atoms with Gasteiger partial charge in [0.1, 0.15) is 0 Å². The number of allylic oxidation sites excluding steroid dienone is 2. The van der Waals surface area contributed by atoms with E-state index in [9.17, 15) is 0 Å². The third kappa shape index (κ3) is 1.35. The van der Waals surface area contributed by atoms with Gasteiger partial charge in [0, 0.05) is 0 Å². The van der Waals surface area contributed by atoms with Crippen molar-refractivity contribution in [3.63, 3.8) is 0 Å². The van der Waals surface area contributed by atoms with Gasteiger partial charge in [-0.25, -0.2) is 0 Å². The van der Waals surface area contributed by atoms with Crippen molar-refractivity contribution in [1.82, 2.24) is 0 Å². The molecule has 6 rings (SSSR count). The van der Waals surface area contributed by atoms with Gasteiger partial charge in [-0.1, -0.05) is 48.6 Å². The second-order valence-corrected chi connectivity index (χ2v) is 8.60. The molecule has 0 aromatic heterocycles. The molecule has 24 heavy (non-hydrogen) atoms. The SMILES string of the molecule is C=CC1CC(C=C)C2C3CC(C4c5cccc6cccc(c56)C34)C12. The molecule has 4 aliphatic rings. The Balaban J connectivity index is 1.56. The van der Waals surface area contributed by atoms with Gasteiger partial charge in [-0.05, 0) is 82.1 Å². The van der Waals surface area contributed by atoms with Gasteiger partial charge in [0.15, 0.2) is 0 Å². The molecule has 2 aromatic rings. The molecule has 2 aromatic carbocycles. The maximum Gasteiger partial charge on any atom is -0.00524 e. The van der Waals surface area contributed by atoms with Gasteiger partial charge < -0.3 is 0 Å². The maximum atomic E-state index is 4.18. The van der Waals surface area contributed by atoms with Crippen molar-refractivity contribution < 1.29 is 0 Å². The van der Waals surface area contributed by atoms with E-state index in [2.05, 4.69) is 61.7 Å². The Morgan fingerprint density at radius 2 is 1.29 bits per heavy atom. The van der Waals surface area contributed by atoms with Crippen LogP contribution in [0, 0.1) is 35.5 Å². The number of hydrogen-bond donors (Lipinski definition) is 0. The molecule has 8 atom stereocenters. The van der Waals surface area contributed by atoms with Crippen LogP contribution in [0.25, 0.3) is 10.8 Å². The Hall–Kier alpha value is -1.82. The lowest BCUT2D eigenvalue weighted by Gasteiger charge is -2.38. The second-order valence-electron chi connectivity index (χ2n) is 8.60. The molecule has 0 heterocycles. The first-order valence-corrected chi connectivity index (χ1v) is 9.60. The first-order chi connectivity index (χ1) is 11.8. The molecule has 0 spiro atoms. The minimum Gasteiger partial charge on any atom is -0.103 e. The van der Waals surface area contributed by atoms with E-state index in [1.54, 1.807) is 16.5 Å². The minimum absolute atomic E-state index is 0.705. The molecule has 0 saturated heterocycles. The van der Waals surface area contributed by atoms with Crippen LogP contribution in [-0.4, -0.2) is 0 Å². The Labute approximate surface area is 144 Å². The Morgan fingerprint density at radius 3 is 1.79 bits per heavy atom. The topological polar surface area (TPSA) is 0 Å². The zero-order valence-electron chi connectivity index (χ0n) is 14.1. The van der Waals surface area contributed by atoms with Crippen molar-refractivity contribution in [3.05, 3.63) is 72.8 Å². The molecular formula is C24H24. The first-order valence-electron chi connectivity index (χ1n) is 9.60. The van der Waals surface area contributed by atoms with Crippen LogP contribution in [0.3, 0.4) is 0 Å². The van der Waals surface area contributed by atoms with Crippen LogP contribution in [0.4, 0.5) is 0 Å². The minimum atomic E-state index is 0.705. The molecule has 0 N–H and O–H groups in total. The highest BCUT2D eigenvalue weighted by Gasteiger charge is 2.65. The van der Waals surface area contributed by atoms with Crippen LogP contribution in [0.15, 0.2) is 61.7 Å². The molecule has 0 heteroatoms. The van der Waals surface area contributed by atoms with E-state index >= 15 is 0 Å². The van der Waals surface area contributed by atoms with E-state index in [1.165, 1.54) is 18.2 Å². The highest BCUT2D eigenvalue weighted by molar-refractivity contribution is 5.92. The first kappa shape index (κ1) is 13.5. The summed E-state index contributed by atoms with van der Waals surface area (Å²) in [5, 5.41) is 3.04. The maximum absolute atomic E-state index is 4.18. The van der Waals surface area contributed by atoms with Crippen LogP contribution in [0.2, 0.25) is 0 Å². The summed E-state index contributed by atoms with van der Waals surface area (Å²) in [4.78, 5) is 0. The van der Waals surface area contributed by atoms with Gasteiger partial charge in [0.25, 0.3) is 0 Å². The van der Waals surface area contributed by atoms with E-state index < -0.39 is 0 Å². The summed E-state index contributed by atoms with van der Waals surface area (Å²) < 4.78 is 0. The normalized spacial score (nSPS) is 43.8. The molecule has 0 nitrogen and oxygen atoms in total. The Bertz CT molecular complexity index is 808. The molecule has 0 aliphatic heterocycles. The number of rotatable bonds is 2. The predicted octanol–water partition coefficient (Wildman–Crippen LogP) is 5.91. The van der Waals surface area contributed by atoms with Crippen LogP contribution >= 0.6 is 0 Å². The lowest BCUT2D eigenvalue weighted by molar-refractivity contribution is 0.174. The van der Waals surface area contributed by atoms with Gasteiger partial charge in [-0.2, -0.15) is 0 Å². The molecule has 2 bridgehead atoms. The molecule has 4 aliphatic carbocycles. The summed E-state index contributed by atoms with van der Waals surface area (Å²) in [5.41, 5.74) is 3.31. The van der Waals surface area contributed by atoms with Crippen molar-refractivity contribution in [3.8, 4) is 0 Å². The van der Waals surface area contributed by atoms with Crippen molar-refractivity contribution >= 4 is 10.8 Å². The fourth-order valence-corrected chi connectivity index (χ4v) is 7.65. The monoisotopic (exact) mass is 312 g/mol. The van der Waals surface area contributed by atoms with E-state index in [4.69, 9.17) is 0 Å². The van der Waals surface area contributed by atoms with Gasteiger partial charge in [-0.15, -0.1) is 13.2 Å². The van der Waals surface area contributed by atoms with Crippen molar-refractivity contribution in [2.24, 2.45) is 35.5 Å². The molecule has 3 saturated carbocycles. The summed E-state index contributed by atoms with van der Waals surface area (Å²) in [7, 11) is 0. The van der Waals surface area contributed by atoms with Crippen LogP contribution in [-0.2, 0) is 0 Å². The van der Waals surface area contributed by atoms with Crippen molar-refractivity contribution in [2.75, 3.05) is 0 Å². The zero-order valence-corrected chi connectivity index (χ0v) is 14.1. The lowest BCUT2D eigenvalue weighted by atomic mass is 9.65. The van der Waals surface area contributed by atoms with E-state index in [-0.39, 0.29) is 0 Å². The molecular weight excluding hydrogens is 288 g/mol. The smallest absolute Gasteiger partial charge is 0.00524 e. The quantitative estimate of drug-likeness (QED) is 0.605. The summed E-state index contributed by atoms with van der Waals surface area (Å²) in [5.74, 6) is 6.36. The lowest BCUT2D eigenvalue weighted by Crippen LogP contribution is -2.31. The second kappa shape index (κ2) is 4.42. The molecule has 8 unspecified atom stereocenters. The fourth-order valence-electron chi connectivity index (χ4n) is 7.65. The summed E-state index contributed by atoms with van der Waals surface area (Å²) in [6.07, 6.45) is 7.25.